The summed E-state index contributed by atoms with van der Waals surface area (Å²) in [6.07, 6.45) is 0. The van der Waals surface area contributed by atoms with Crippen molar-refractivity contribution in [2.75, 3.05) is 7.11 Å². The van der Waals surface area contributed by atoms with E-state index < -0.39 is 17.6 Å². The van der Waals surface area contributed by atoms with Gasteiger partial charge in [-0.3, -0.25) is 4.79 Å². The summed E-state index contributed by atoms with van der Waals surface area (Å²) in [5.41, 5.74) is -0.203. The van der Waals surface area contributed by atoms with Crippen LogP contribution in [0.2, 0.25) is 0 Å². The lowest BCUT2D eigenvalue weighted by Gasteiger charge is -2.22. The Kier molecular flexibility index (Phi) is 5.13. The molecule has 0 unspecified atom stereocenters. The van der Waals surface area contributed by atoms with Crippen LogP contribution in [-0.4, -0.2) is 30.6 Å². The number of hydrogen-bond donors (Lipinski definition) is 1. The third-order valence-corrected chi connectivity index (χ3v) is 2.46. The van der Waals surface area contributed by atoms with Crippen molar-refractivity contribution in [3.05, 3.63) is 29.8 Å². The first-order chi connectivity index (χ1) is 9.24. The van der Waals surface area contributed by atoms with Gasteiger partial charge in [-0.15, -0.1) is 0 Å². The molecule has 1 atom stereocenters. The van der Waals surface area contributed by atoms with E-state index in [0.29, 0.717) is 11.3 Å². The highest BCUT2D eigenvalue weighted by molar-refractivity contribution is 5.99. The number of methoxy groups -OCH3 is 1. The van der Waals surface area contributed by atoms with Gasteiger partial charge in [-0.1, -0.05) is 12.1 Å². The maximum Gasteiger partial charge on any atom is 0.328 e. The van der Waals surface area contributed by atoms with E-state index in [9.17, 15) is 9.59 Å². The molecular formula is C15H21NO4. The number of rotatable bonds is 4. The van der Waals surface area contributed by atoms with Crippen LogP contribution in [0.1, 0.15) is 38.1 Å². The van der Waals surface area contributed by atoms with Gasteiger partial charge in [-0.25, -0.2) is 4.79 Å². The summed E-state index contributed by atoms with van der Waals surface area (Å²) in [7, 11) is 1.49. The van der Waals surface area contributed by atoms with E-state index in [1.54, 1.807) is 52.0 Å². The monoisotopic (exact) mass is 279 g/mol. The molecule has 0 saturated carbocycles. The zero-order valence-corrected chi connectivity index (χ0v) is 12.5. The van der Waals surface area contributed by atoms with Crippen molar-refractivity contribution in [1.29, 1.82) is 0 Å². The Morgan fingerprint density at radius 1 is 1.20 bits per heavy atom. The second-order valence-corrected chi connectivity index (χ2v) is 5.43. The lowest BCUT2D eigenvalue weighted by atomic mass is 10.1. The van der Waals surface area contributed by atoms with Crippen molar-refractivity contribution >= 4 is 11.9 Å². The third kappa shape index (κ3) is 4.57. The number of nitrogens with one attached hydrogen (secondary N) is 1. The predicted octanol–water partition coefficient (Wildman–Crippen LogP) is 2.16. The van der Waals surface area contributed by atoms with Gasteiger partial charge in [0.1, 0.15) is 17.4 Å². The number of amides is 1. The molecule has 5 nitrogen and oxygen atoms in total. The molecule has 20 heavy (non-hydrogen) atoms. The van der Waals surface area contributed by atoms with Crippen LogP contribution >= 0.6 is 0 Å². The molecule has 1 aromatic rings. The van der Waals surface area contributed by atoms with Gasteiger partial charge in [0.05, 0.1) is 12.7 Å². The van der Waals surface area contributed by atoms with Crippen LogP contribution in [0.4, 0.5) is 0 Å². The van der Waals surface area contributed by atoms with E-state index in [1.165, 1.54) is 7.11 Å². The first-order valence-electron chi connectivity index (χ1n) is 6.41. The molecule has 1 amide bonds. The van der Waals surface area contributed by atoms with Crippen LogP contribution in [0.5, 0.6) is 5.75 Å². The molecule has 0 aliphatic heterocycles. The van der Waals surface area contributed by atoms with Crippen LogP contribution in [0.15, 0.2) is 24.3 Å². The van der Waals surface area contributed by atoms with Crippen molar-refractivity contribution in [2.24, 2.45) is 0 Å². The van der Waals surface area contributed by atoms with Gasteiger partial charge in [0.25, 0.3) is 5.91 Å². The van der Waals surface area contributed by atoms with Gasteiger partial charge in [0.2, 0.25) is 0 Å². The summed E-state index contributed by atoms with van der Waals surface area (Å²) < 4.78 is 10.3. The second-order valence-electron chi connectivity index (χ2n) is 5.43. The minimum Gasteiger partial charge on any atom is -0.496 e. The fourth-order valence-corrected chi connectivity index (χ4v) is 1.56. The molecule has 0 bridgehead atoms. The maximum atomic E-state index is 12.1. The van der Waals surface area contributed by atoms with Gasteiger partial charge < -0.3 is 14.8 Å². The maximum absolute atomic E-state index is 12.1. The minimum atomic E-state index is -0.730. The Morgan fingerprint density at radius 3 is 2.35 bits per heavy atom. The number of ether oxygens (including phenoxy) is 2. The molecule has 1 rings (SSSR count). The quantitative estimate of drug-likeness (QED) is 0.858. The van der Waals surface area contributed by atoms with Crippen LogP contribution in [-0.2, 0) is 9.53 Å². The summed E-state index contributed by atoms with van der Waals surface area (Å²) >= 11 is 0. The number of esters is 1. The van der Waals surface area contributed by atoms with Crippen LogP contribution in [0.3, 0.4) is 0 Å². The molecule has 1 aromatic carbocycles. The standard InChI is InChI=1S/C15H21NO4/c1-10(14(18)20-15(2,3)4)16-13(17)11-8-6-7-9-12(11)19-5/h6-10H,1-5H3,(H,16,17)/t10-/m1/s1. The summed E-state index contributed by atoms with van der Waals surface area (Å²) in [5, 5.41) is 2.60. The normalized spacial score (nSPS) is 12.4. The Balaban J connectivity index is 2.73. The summed E-state index contributed by atoms with van der Waals surface area (Å²) in [4.78, 5) is 23.9. The van der Waals surface area contributed by atoms with E-state index in [2.05, 4.69) is 5.32 Å². The lowest BCUT2D eigenvalue weighted by molar-refractivity contribution is -0.156. The molecule has 0 fully saturated rings. The van der Waals surface area contributed by atoms with Gasteiger partial charge in [-0.05, 0) is 39.8 Å². The van der Waals surface area contributed by atoms with E-state index in [-0.39, 0.29) is 5.91 Å². The largest absolute Gasteiger partial charge is 0.496 e. The van der Waals surface area contributed by atoms with Gasteiger partial charge in [0, 0.05) is 0 Å². The molecule has 110 valence electrons. The molecule has 0 aliphatic rings. The second kappa shape index (κ2) is 6.41. The molecule has 0 aliphatic carbocycles. The fraction of sp³-hybridized carbons (Fsp3) is 0.467. The highest BCUT2D eigenvalue weighted by Gasteiger charge is 2.24. The van der Waals surface area contributed by atoms with Crippen LogP contribution < -0.4 is 10.1 Å². The highest BCUT2D eigenvalue weighted by atomic mass is 16.6. The number of carbonyl (C=O) groups excluding carboxylic acids is 2. The molecular weight excluding hydrogens is 258 g/mol. The summed E-state index contributed by atoms with van der Waals surface area (Å²) in [6.45, 7) is 6.92. The Hall–Kier alpha value is -2.04. The molecule has 0 saturated heterocycles. The van der Waals surface area contributed by atoms with Gasteiger partial charge in [-0.2, -0.15) is 0 Å². The highest BCUT2D eigenvalue weighted by Crippen LogP contribution is 2.17. The number of carbonyl (C=O) groups is 2. The van der Waals surface area contributed by atoms with Crippen molar-refractivity contribution in [2.45, 2.75) is 39.3 Å². The third-order valence-electron chi connectivity index (χ3n) is 2.46. The minimum absolute atomic E-state index is 0.374. The van der Waals surface area contributed by atoms with E-state index in [0.717, 1.165) is 0 Å². The average Bonchev–Trinajstić information content (AvgIpc) is 2.36. The molecule has 1 N–H and O–H groups in total. The molecule has 5 heteroatoms. The number of hydrogen-bond acceptors (Lipinski definition) is 4. The Labute approximate surface area is 119 Å². The topological polar surface area (TPSA) is 64.6 Å². The zero-order valence-electron chi connectivity index (χ0n) is 12.5. The molecule has 0 spiro atoms. The van der Waals surface area contributed by atoms with E-state index >= 15 is 0 Å². The Bertz CT molecular complexity index is 491. The fourth-order valence-electron chi connectivity index (χ4n) is 1.56. The molecule has 0 aromatic heterocycles. The lowest BCUT2D eigenvalue weighted by Crippen LogP contribution is -2.42. The average molecular weight is 279 g/mol. The van der Waals surface area contributed by atoms with E-state index in [1.807, 2.05) is 0 Å². The first-order valence-corrected chi connectivity index (χ1v) is 6.41. The van der Waals surface area contributed by atoms with Crippen LogP contribution in [0, 0.1) is 0 Å². The van der Waals surface area contributed by atoms with Crippen molar-refractivity contribution in [3.8, 4) is 5.75 Å². The molecule has 0 heterocycles. The van der Waals surface area contributed by atoms with Crippen LogP contribution in [0.25, 0.3) is 0 Å². The number of para-hydroxylation sites is 1. The summed E-state index contributed by atoms with van der Waals surface area (Å²) in [5.74, 6) is -0.386. The first kappa shape index (κ1) is 16.0. The predicted molar refractivity (Wildman–Crippen MR) is 75.8 cm³/mol. The van der Waals surface area contributed by atoms with Crippen molar-refractivity contribution in [1.82, 2.24) is 5.32 Å². The van der Waals surface area contributed by atoms with Gasteiger partial charge in [0.15, 0.2) is 0 Å². The zero-order chi connectivity index (χ0) is 15.3. The van der Waals surface area contributed by atoms with Crippen molar-refractivity contribution < 1.29 is 19.1 Å². The SMILES string of the molecule is COc1ccccc1C(=O)N[C@H](C)C(=O)OC(C)(C)C. The van der Waals surface area contributed by atoms with E-state index in [4.69, 9.17) is 9.47 Å². The van der Waals surface area contributed by atoms with Crippen molar-refractivity contribution in [3.63, 3.8) is 0 Å². The summed E-state index contributed by atoms with van der Waals surface area (Å²) in [6, 6.07) is 6.09. The Morgan fingerprint density at radius 2 is 1.80 bits per heavy atom. The molecule has 0 radical (unpaired) electrons. The van der Waals surface area contributed by atoms with Gasteiger partial charge >= 0.3 is 5.97 Å². The number of benzene rings is 1. The smallest absolute Gasteiger partial charge is 0.328 e.